The molecule has 0 saturated heterocycles. The lowest BCUT2D eigenvalue weighted by molar-refractivity contribution is -0.385. The normalized spacial score (nSPS) is 13.8. The highest BCUT2D eigenvalue weighted by molar-refractivity contribution is 5.98. The zero-order valence-electron chi connectivity index (χ0n) is 11.4. The molecule has 1 aliphatic carbocycles. The van der Waals surface area contributed by atoms with Crippen molar-refractivity contribution in [3.63, 3.8) is 0 Å². The minimum absolute atomic E-state index is 0.0424. The maximum absolute atomic E-state index is 12.0. The van der Waals surface area contributed by atoms with E-state index in [-0.39, 0.29) is 11.3 Å². The van der Waals surface area contributed by atoms with Gasteiger partial charge in [0.1, 0.15) is 17.6 Å². The molecular formula is C13H18N4O3. The van der Waals surface area contributed by atoms with Gasteiger partial charge in [-0.15, -0.1) is 0 Å². The molecular weight excluding hydrogens is 260 g/mol. The Bertz CT molecular complexity index is 514. The summed E-state index contributed by atoms with van der Waals surface area (Å²) in [6.07, 6.45) is 5.70. The predicted molar refractivity (Wildman–Crippen MR) is 74.7 cm³/mol. The molecule has 0 unspecified atom stereocenters. The number of hydrogen-bond donors (Lipinski definition) is 2. The summed E-state index contributed by atoms with van der Waals surface area (Å²) in [4.78, 5) is 26.2. The number of rotatable bonds is 7. The van der Waals surface area contributed by atoms with Gasteiger partial charge in [-0.1, -0.05) is 12.8 Å². The number of nitrogens with zero attached hydrogens (tertiary/aromatic N) is 2. The van der Waals surface area contributed by atoms with E-state index in [1.807, 2.05) is 0 Å². The molecule has 1 aliphatic rings. The summed E-state index contributed by atoms with van der Waals surface area (Å²) in [7, 11) is 1.64. The summed E-state index contributed by atoms with van der Waals surface area (Å²) in [6.45, 7) is 0.545. The van der Waals surface area contributed by atoms with Crippen LogP contribution in [0.15, 0.2) is 12.3 Å². The van der Waals surface area contributed by atoms with E-state index < -0.39 is 10.8 Å². The van der Waals surface area contributed by atoms with Gasteiger partial charge in [0.2, 0.25) is 0 Å². The topological polar surface area (TPSA) is 97.2 Å². The van der Waals surface area contributed by atoms with Crippen LogP contribution >= 0.6 is 0 Å². The fourth-order valence-corrected chi connectivity index (χ4v) is 2.01. The molecule has 0 bridgehead atoms. The van der Waals surface area contributed by atoms with Crippen LogP contribution in [0.5, 0.6) is 0 Å². The zero-order valence-corrected chi connectivity index (χ0v) is 11.4. The van der Waals surface area contributed by atoms with Crippen LogP contribution in [0.2, 0.25) is 0 Å². The van der Waals surface area contributed by atoms with Crippen molar-refractivity contribution in [3.8, 4) is 0 Å². The van der Waals surface area contributed by atoms with E-state index in [1.54, 1.807) is 7.05 Å². The van der Waals surface area contributed by atoms with E-state index in [0.717, 1.165) is 25.0 Å². The van der Waals surface area contributed by atoms with Crippen molar-refractivity contribution in [3.05, 3.63) is 27.9 Å². The van der Waals surface area contributed by atoms with Gasteiger partial charge in [0.25, 0.3) is 11.6 Å². The van der Waals surface area contributed by atoms with Crippen molar-refractivity contribution in [2.24, 2.45) is 5.92 Å². The molecule has 1 amide bonds. The zero-order chi connectivity index (χ0) is 14.5. The third-order valence-electron chi connectivity index (χ3n) is 3.35. The van der Waals surface area contributed by atoms with Crippen LogP contribution in [0.25, 0.3) is 0 Å². The second kappa shape index (κ2) is 6.31. The summed E-state index contributed by atoms with van der Waals surface area (Å²) in [5.74, 6) is 0.822. The average Bonchev–Trinajstić information content (AvgIpc) is 3.26. The molecule has 0 aromatic carbocycles. The average molecular weight is 278 g/mol. The molecule has 108 valence electrons. The third kappa shape index (κ3) is 3.66. The lowest BCUT2D eigenvalue weighted by atomic mass is 10.2. The molecule has 20 heavy (non-hydrogen) atoms. The van der Waals surface area contributed by atoms with Gasteiger partial charge in [-0.25, -0.2) is 4.98 Å². The quantitative estimate of drug-likeness (QED) is 0.451. The van der Waals surface area contributed by atoms with Gasteiger partial charge in [-0.3, -0.25) is 14.9 Å². The van der Waals surface area contributed by atoms with Crippen molar-refractivity contribution in [1.82, 2.24) is 10.3 Å². The van der Waals surface area contributed by atoms with Crippen molar-refractivity contribution in [2.75, 3.05) is 18.9 Å². The Kier molecular flexibility index (Phi) is 4.49. The molecule has 7 nitrogen and oxygen atoms in total. The van der Waals surface area contributed by atoms with E-state index >= 15 is 0 Å². The highest BCUT2D eigenvalue weighted by atomic mass is 16.6. The summed E-state index contributed by atoms with van der Waals surface area (Å²) < 4.78 is 0. The van der Waals surface area contributed by atoms with E-state index in [1.165, 1.54) is 18.9 Å². The highest BCUT2D eigenvalue weighted by Gasteiger charge is 2.22. The number of carbonyl (C=O) groups excluding carboxylic acids is 1. The third-order valence-corrected chi connectivity index (χ3v) is 3.35. The van der Waals surface area contributed by atoms with Crippen molar-refractivity contribution in [2.45, 2.75) is 25.7 Å². The van der Waals surface area contributed by atoms with Crippen LogP contribution in [-0.4, -0.2) is 29.4 Å². The second-order valence-electron chi connectivity index (χ2n) is 4.94. The number of pyridine rings is 1. The number of hydrogen-bond acceptors (Lipinski definition) is 5. The van der Waals surface area contributed by atoms with Crippen molar-refractivity contribution < 1.29 is 9.72 Å². The number of anilines is 1. The van der Waals surface area contributed by atoms with Crippen LogP contribution in [0.3, 0.4) is 0 Å². The van der Waals surface area contributed by atoms with E-state index in [4.69, 9.17) is 0 Å². The number of amides is 1. The molecule has 2 rings (SSSR count). The molecule has 1 aromatic rings. The second-order valence-corrected chi connectivity index (χ2v) is 4.94. The fraction of sp³-hybridized carbons (Fsp3) is 0.538. The Morgan fingerprint density at radius 1 is 1.55 bits per heavy atom. The standard InChI is InChI=1S/C13H18N4O3/c1-14-12-7-10(11(8-16-12)17(19)20)13(18)15-6-2-3-9-4-5-9/h7-9H,2-6H2,1H3,(H,14,16)(H,15,18). The Labute approximate surface area is 116 Å². The van der Waals surface area contributed by atoms with Gasteiger partial charge in [0.05, 0.1) is 4.92 Å². The molecule has 1 heterocycles. The first-order valence-corrected chi connectivity index (χ1v) is 6.72. The summed E-state index contributed by atoms with van der Waals surface area (Å²) in [6, 6.07) is 1.40. The Hall–Kier alpha value is -2.18. The maximum atomic E-state index is 12.0. The van der Waals surface area contributed by atoms with Gasteiger partial charge in [-0.05, 0) is 18.8 Å². The van der Waals surface area contributed by atoms with Crippen molar-refractivity contribution in [1.29, 1.82) is 0 Å². The van der Waals surface area contributed by atoms with Gasteiger partial charge in [-0.2, -0.15) is 0 Å². The number of nitrogens with one attached hydrogen (secondary N) is 2. The molecule has 0 radical (unpaired) electrons. The van der Waals surface area contributed by atoms with Crippen LogP contribution in [0, 0.1) is 16.0 Å². The van der Waals surface area contributed by atoms with Gasteiger partial charge in [0, 0.05) is 19.7 Å². The van der Waals surface area contributed by atoms with Crippen LogP contribution in [-0.2, 0) is 0 Å². The van der Waals surface area contributed by atoms with E-state index in [9.17, 15) is 14.9 Å². The smallest absolute Gasteiger partial charge is 0.300 e. The number of carbonyl (C=O) groups is 1. The molecule has 0 atom stereocenters. The molecule has 0 spiro atoms. The molecule has 7 heteroatoms. The van der Waals surface area contributed by atoms with Crippen LogP contribution < -0.4 is 10.6 Å². The predicted octanol–water partition coefficient (Wildman–Crippen LogP) is 1.95. The van der Waals surface area contributed by atoms with E-state index in [2.05, 4.69) is 15.6 Å². The van der Waals surface area contributed by atoms with E-state index in [0.29, 0.717) is 12.4 Å². The lowest BCUT2D eigenvalue weighted by Crippen LogP contribution is -2.25. The first-order valence-electron chi connectivity index (χ1n) is 6.72. The Morgan fingerprint density at radius 2 is 2.30 bits per heavy atom. The Morgan fingerprint density at radius 3 is 2.90 bits per heavy atom. The Balaban J connectivity index is 1.99. The fourth-order valence-electron chi connectivity index (χ4n) is 2.01. The molecule has 2 N–H and O–H groups in total. The molecule has 0 aliphatic heterocycles. The van der Waals surface area contributed by atoms with Gasteiger partial charge >= 0.3 is 0 Å². The van der Waals surface area contributed by atoms with Crippen LogP contribution in [0.1, 0.15) is 36.0 Å². The van der Waals surface area contributed by atoms with Gasteiger partial charge in [0.15, 0.2) is 0 Å². The minimum atomic E-state index is -0.592. The summed E-state index contributed by atoms with van der Waals surface area (Å²) in [5, 5.41) is 16.4. The molecule has 1 fully saturated rings. The molecule has 1 aromatic heterocycles. The summed E-state index contributed by atoms with van der Waals surface area (Å²) in [5.41, 5.74) is -0.232. The number of aromatic nitrogens is 1. The first-order chi connectivity index (χ1) is 9.61. The minimum Gasteiger partial charge on any atom is -0.373 e. The SMILES string of the molecule is CNc1cc(C(=O)NCCCC2CC2)c([N+](=O)[O-])cn1. The number of nitro groups is 1. The monoisotopic (exact) mass is 278 g/mol. The van der Waals surface area contributed by atoms with Gasteiger partial charge < -0.3 is 10.6 Å². The first kappa shape index (κ1) is 14.2. The van der Waals surface area contributed by atoms with Crippen LogP contribution in [0.4, 0.5) is 11.5 Å². The lowest BCUT2D eigenvalue weighted by Gasteiger charge is -2.07. The maximum Gasteiger partial charge on any atom is 0.300 e. The summed E-state index contributed by atoms with van der Waals surface area (Å²) >= 11 is 0. The van der Waals surface area contributed by atoms with Crippen molar-refractivity contribution >= 4 is 17.4 Å². The largest absolute Gasteiger partial charge is 0.373 e. The molecule has 1 saturated carbocycles. The highest BCUT2D eigenvalue weighted by Crippen LogP contribution is 2.33.